The molecule has 4 rings (SSSR count). The Kier molecular flexibility index (Phi) is 7.08. The van der Waals surface area contributed by atoms with Gasteiger partial charge in [0.05, 0.1) is 5.69 Å². The third kappa shape index (κ3) is 5.43. The van der Waals surface area contributed by atoms with E-state index in [2.05, 4.69) is 9.97 Å². The molecule has 33 heavy (non-hydrogen) atoms. The van der Waals surface area contributed by atoms with Crippen molar-refractivity contribution >= 4 is 11.8 Å². The van der Waals surface area contributed by atoms with Crippen molar-refractivity contribution in [2.24, 2.45) is 0 Å². The molecule has 164 valence electrons. The molecule has 1 N–H and O–H groups in total. The van der Waals surface area contributed by atoms with Crippen molar-refractivity contribution < 1.29 is 9.47 Å². The number of aromatic amines is 1. The molecule has 0 fully saturated rings. The second-order valence-corrected chi connectivity index (χ2v) is 7.92. The average Bonchev–Trinajstić information content (AvgIpc) is 2.87. The summed E-state index contributed by atoms with van der Waals surface area (Å²) in [5.74, 6) is 1.07. The molecule has 0 aliphatic rings. The number of nitriles is 1. The van der Waals surface area contributed by atoms with Crippen LogP contribution in [-0.4, -0.2) is 16.2 Å². The van der Waals surface area contributed by atoms with Crippen LogP contribution in [-0.2, 0) is 13.2 Å². The molecule has 6 nitrogen and oxygen atoms in total. The number of hydrogen-bond acceptors (Lipinski definition) is 6. The molecule has 0 unspecified atom stereocenters. The van der Waals surface area contributed by atoms with E-state index in [-0.39, 0.29) is 5.56 Å². The van der Waals surface area contributed by atoms with Crippen LogP contribution < -0.4 is 15.0 Å². The first-order chi connectivity index (χ1) is 16.2. The first kappa shape index (κ1) is 22.2. The van der Waals surface area contributed by atoms with E-state index in [0.717, 1.165) is 11.1 Å². The van der Waals surface area contributed by atoms with Crippen LogP contribution in [0.4, 0.5) is 0 Å². The SMILES string of the molecule is CSc1nc(-c2ccc(OCc3ccccc3)c(OCc3ccccc3)c2)c(C#N)c(=O)[nH]1. The third-order valence-corrected chi connectivity index (χ3v) is 5.47. The largest absolute Gasteiger partial charge is 0.485 e. The Bertz CT molecular complexity index is 1330. The van der Waals surface area contributed by atoms with Crippen molar-refractivity contribution in [1.82, 2.24) is 9.97 Å². The molecule has 4 aromatic rings. The molecule has 0 spiro atoms. The Labute approximate surface area is 195 Å². The number of rotatable bonds is 8. The molecule has 1 heterocycles. The number of ether oxygens (including phenoxy) is 2. The Morgan fingerprint density at radius 1 is 0.909 bits per heavy atom. The van der Waals surface area contributed by atoms with Crippen molar-refractivity contribution in [2.75, 3.05) is 6.26 Å². The summed E-state index contributed by atoms with van der Waals surface area (Å²) in [6.45, 7) is 0.723. The molecule has 0 radical (unpaired) electrons. The first-order valence-electron chi connectivity index (χ1n) is 10.2. The molecule has 0 bridgehead atoms. The molecular weight excluding hydrogens is 434 g/mol. The quantitative estimate of drug-likeness (QED) is 0.291. The van der Waals surface area contributed by atoms with Gasteiger partial charge < -0.3 is 14.5 Å². The van der Waals surface area contributed by atoms with Crippen LogP contribution in [0.5, 0.6) is 11.5 Å². The van der Waals surface area contributed by atoms with E-state index in [1.807, 2.05) is 73.0 Å². The normalized spacial score (nSPS) is 10.4. The van der Waals surface area contributed by atoms with Crippen LogP contribution in [0, 0.1) is 11.3 Å². The predicted molar refractivity (Wildman–Crippen MR) is 128 cm³/mol. The topological polar surface area (TPSA) is 88.0 Å². The number of hydrogen-bond donors (Lipinski definition) is 1. The summed E-state index contributed by atoms with van der Waals surface area (Å²) in [4.78, 5) is 19.4. The van der Waals surface area contributed by atoms with Gasteiger partial charge in [-0.3, -0.25) is 4.79 Å². The number of aromatic nitrogens is 2. The molecule has 3 aromatic carbocycles. The molecule has 0 aliphatic carbocycles. The van der Waals surface area contributed by atoms with Crippen molar-refractivity contribution in [3.63, 3.8) is 0 Å². The Morgan fingerprint density at radius 2 is 1.52 bits per heavy atom. The van der Waals surface area contributed by atoms with Gasteiger partial charge in [0.25, 0.3) is 5.56 Å². The lowest BCUT2D eigenvalue weighted by atomic mass is 10.1. The van der Waals surface area contributed by atoms with Crippen molar-refractivity contribution in [1.29, 1.82) is 5.26 Å². The lowest BCUT2D eigenvalue weighted by Crippen LogP contribution is -2.14. The molecule has 0 amide bonds. The van der Waals surface area contributed by atoms with E-state index in [1.165, 1.54) is 11.8 Å². The lowest BCUT2D eigenvalue weighted by Gasteiger charge is -2.15. The maximum absolute atomic E-state index is 12.4. The van der Waals surface area contributed by atoms with E-state index in [1.54, 1.807) is 18.2 Å². The van der Waals surface area contributed by atoms with Gasteiger partial charge in [0.15, 0.2) is 16.7 Å². The van der Waals surface area contributed by atoms with E-state index >= 15 is 0 Å². The molecule has 0 saturated carbocycles. The van der Waals surface area contributed by atoms with Gasteiger partial charge >= 0.3 is 0 Å². The van der Waals surface area contributed by atoms with Crippen molar-refractivity contribution in [3.8, 4) is 28.8 Å². The first-order valence-corrected chi connectivity index (χ1v) is 11.5. The minimum absolute atomic E-state index is 0.0419. The highest BCUT2D eigenvalue weighted by molar-refractivity contribution is 7.98. The van der Waals surface area contributed by atoms with Crippen LogP contribution in [0.2, 0.25) is 0 Å². The fourth-order valence-corrected chi connectivity index (χ4v) is 3.60. The van der Waals surface area contributed by atoms with Gasteiger partial charge in [-0.05, 0) is 35.6 Å². The maximum atomic E-state index is 12.4. The van der Waals surface area contributed by atoms with Crippen LogP contribution in [0.15, 0.2) is 88.8 Å². The Hall–Kier alpha value is -4.02. The summed E-state index contributed by atoms with van der Waals surface area (Å²) in [6.07, 6.45) is 1.81. The van der Waals surface area contributed by atoms with Gasteiger partial charge in [0.2, 0.25) is 0 Å². The zero-order valence-electron chi connectivity index (χ0n) is 17.9. The number of nitrogens with one attached hydrogen (secondary N) is 1. The zero-order chi connectivity index (χ0) is 23.0. The number of nitrogens with zero attached hydrogens (tertiary/aromatic N) is 2. The zero-order valence-corrected chi connectivity index (χ0v) is 18.8. The summed E-state index contributed by atoms with van der Waals surface area (Å²) in [6, 6.07) is 26.9. The fourth-order valence-electron chi connectivity index (χ4n) is 3.22. The van der Waals surface area contributed by atoms with E-state index in [0.29, 0.717) is 41.1 Å². The van der Waals surface area contributed by atoms with Crippen LogP contribution in [0.3, 0.4) is 0 Å². The fraction of sp³-hybridized carbons (Fsp3) is 0.115. The summed E-state index contributed by atoms with van der Waals surface area (Å²) in [7, 11) is 0. The highest BCUT2D eigenvalue weighted by atomic mass is 32.2. The van der Waals surface area contributed by atoms with Crippen molar-refractivity contribution in [3.05, 3.63) is 106 Å². The molecule has 1 aromatic heterocycles. The maximum Gasteiger partial charge on any atom is 0.270 e. The van der Waals surface area contributed by atoms with Gasteiger partial charge in [0.1, 0.15) is 24.8 Å². The highest BCUT2D eigenvalue weighted by Crippen LogP contribution is 2.34. The minimum atomic E-state index is -0.469. The third-order valence-electron chi connectivity index (χ3n) is 4.89. The standard InChI is InChI=1S/C26H21N3O3S/c1-33-26-28-24(21(15-27)25(30)29-26)20-12-13-22(31-16-18-8-4-2-5-9-18)23(14-20)32-17-19-10-6-3-7-11-19/h2-14H,16-17H2,1H3,(H,28,29,30). The van der Waals surface area contributed by atoms with Gasteiger partial charge in [0, 0.05) is 5.56 Å². The van der Waals surface area contributed by atoms with Gasteiger partial charge in [-0.1, -0.05) is 72.4 Å². The Balaban J connectivity index is 1.70. The average molecular weight is 456 g/mol. The molecule has 0 atom stereocenters. The second kappa shape index (κ2) is 10.5. The summed E-state index contributed by atoms with van der Waals surface area (Å²) in [5, 5.41) is 9.97. The van der Waals surface area contributed by atoms with Crippen LogP contribution in [0.1, 0.15) is 16.7 Å². The Morgan fingerprint density at radius 3 is 2.09 bits per heavy atom. The molecule has 0 saturated heterocycles. The van der Waals surface area contributed by atoms with Gasteiger partial charge in [-0.15, -0.1) is 0 Å². The number of benzene rings is 3. The smallest absolute Gasteiger partial charge is 0.270 e. The molecular formula is C26H21N3O3S. The number of H-pyrrole nitrogens is 1. The lowest BCUT2D eigenvalue weighted by molar-refractivity contribution is 0.256. The van der Waals surface area contributed by atoms with Crippen LogP contribution >= 0.6 is 11.8 Å². The summed E-state index contributed by atoms with van der Waals surface area (Å²) in [5.41, 5.74) is 2.44. The van der Waals surface area contributed by atoms with Gasteiger partial charge in [-0.2, -0.15) is 5.26 Å². The summed E-state index contributed by atoms with van der Waals surface area (Å²) < 4.78 is 12.2. The second-order valence-electron chi connectivity index (χ2n) is 7.12. The van der Waals surface area contributed by atoms with Crippen LogP contribution in [0.25, 0.3) is 11.3 Å². The number of thioether (sulfide) groups is 1. The van der Waals surface area contributed by atoms with E-state index in [4.69, 9.17) is 9.47 Å². The minimum Gasteiger partial charge on any atom is -0.485 e. The molecule has 0 aliphatic heterocycles. The van der Waals surface area contributed by atoms with E-state index in [9.17, 15) is 10.1 Å². The van der Waals surface area contributed by atoms with Gasteiger partial charge in [-0.25, -0.2) is 4.98 Å². The van der Waals surface area contributed by atoms with E-state index < -0.39 is 5.56 Å². The monoisotopic (exact) mass is 455 g/mol. The molecule has 7 heteroatoms. The highest BCUT2D eigenvalue weighted by Gasteiger charge is 2.16. The van der Waals surface area contributed by atoms with Crippen molar-refractivity contribution in [2.45, 2.75) is 18.4 Å². The predicted octanol–water partition coefficient (Wildman–Crippen LogP) is 5.19. The summed E-state index contributed by atoms with van der Waals surface area (Å²) >= 11 is 1.30.